The van der Waals surface area contributed by atoms with Gasteiger partial charge in [-0.05, 0) is 31.2 Å². The Morgan fingerprint density at radius 3 is 2.64 bits per heavy atom. The van der Waals surface area contributed by atoms with Crippen LogP contribution in [0.2, 0.25) is 0 Å². The zero-order chi connectivity index (χ0) is 16.0. The van der Waals surface area contributed by atoms with E-state index in [-0.39, 0.29) is 5.82 Å². The summed E-state index contributed by atoms with van der Waals surface area (Å²) in [6, 6.07) is 9.46. The standard InChI is InChI=1S/C15H14F3N3O/c1-2-22-13-6-4-3-5-11(13)9-20-21-14-8-7-12(10-19-14)15(16,17)18/h3-10H,2H2,1H3,(H,19,21)/b20-9-. The Morgan fingerprint density at radius 2 is 2.00 bits per heavy atom. The van der Waals surface area contributed by atoms with Crippen molar-refractivity contribution in [1.29, 1.82) is 0 Å². The summed E-state index contributed by atoms with van der Waals surface area (Å²) in [5.74, 6) is 0.897. The van der Waals surface area contributed by atoms with Gasteiger partial charge in [0.1, 0.15) is 11.6 Å². The van der Waals surface area contributed by atoms with E-state index < -0.39 is 11.7 Å². The number of para-hydroxylation sites is 1. The molecule has 0 aliphatic rings. The maximum Gasteiger partial charge on any atom is 0.417 e. The van der Waals surface area contributed by atoms with Crippen molar-refractivity contribution in [3.05, 3.63) is 53.7 Å². The molecule has 0 fully saturated rings. The van der Waals surface area contributed by atoms with Gasteiger partial charge < -0.3 is 4.74 Å². The predicted molar refractivity (Wildman–Crippen MR) is 78.1 cm³/mol. The van der Waals surface area contributed by atoms with E-state index in [1.807, 2.05) is 25.1 Å². The molecule has 1 aromatic heterocycles. The maximum absolute atomic E-state index is 12.4. The monoisotopic (exact) mass is 309 g/mol. The SMILES string of the molecule is CCOc1ccccc1/C=N\Nc1ccc(C(F)(F)F)cn1. The number of halogens is 3. The molecule has 0 aliphatic heterocycles. The first-order chi connectivity index (χ1) is 10.5. The molecule has 1 N–H and O–H groups in total. The quantitative estimate of drug-likeness (QED) is 0.672. The Hall–Kier alpha value is -2.57. The van der Waals surface area contributed by atoms with Crippen molar-refractivity contribution in [2.24, 2.45) is 5.10 Å². The van der Waals surface area contributed by atoms with Crippen LogP contribution < -0.4 is 10.2 Å². The molecule has 1 aromatic carbocycles. The molecule has 0 spiro atoms. The fourth-order valence-corrected chi connectivity index (χ4v) is 1.67. The minimum atomic E-state index is -4.40. The minimum Gasteiger partial charge on any atom is -0.493 e. The summed E-state index contributed by atoms with van der Waals surface area (Å²) in [6.45, 7) is 2.40. The lowest BCUT2D eigenvalue weighted by atomic mass is 10.2. The zero-order valence-corrected chi connectivity index (χ0v) is 11.8. The molecule has 22 heavy (non-hydrogen) atoms. The highest BCUT2D eigenvalue weighted by Gasteiger charge is 2.30. The summed E-state index contributed by atoms with van der Waals surface area (Å²) in [5.41, 5.74) is 2.53. The predicted octanol–water partition coefficient (Wildman–Crippen LogP) is 3.95. The Bertz CT molecular complexity index is 639. The number of ether oxygens (including phenoxy) is 1. The number of pyridine rings is 1. The molecule has 7 heteroatoms. The van der Waals surface area contributed by atoms with Crippen molar-refractivity contribution >= 4 is 12.0 Å². The molecule has 0 saturated heterocycles. The smallest absolute Gasteiger partial charge is 0.417 e. The molecular weight excluding hydrogens is 295 g/mol. The van der Waals surface area contributed by atoms with E-state index in [1.54, 1.807) is 6.07 Å². The van der Waals surface area contributed by atoms with Crippen LogP contribution in [0, 0.1) is 0 Å². The fraction of sp³-hybridized carbons (Fsp3) is 0.200. The highest BCUT2D eigenvalue weighted by molar-refractivity contribution is 5.83. The lowest BCUT2D eigenvalue weighted by Gasteiger charge is -2.07. The lowest BCUT2D eigenvalue weighted by Crippen LogP contribution is -2.05. The van der Waals surface area contributed by atoms with Crippen LogP contribution in [0.1, 0.15) is 18.1 Å². The number of aromatic nitrogens is 1. The molecule has 0 aliphatic carbocycles. The Morgan fingerprint density at radius 1 is 1.23 bits per heavy atom. The highest BCUT2D eigenvalue weighted by atomic mass is 19.4. The van der Waals surface area contributed by atoms with Crippen LogP contribution in [0.25, 0.3) is 0 Å². The van der Waals surface area contributed by atoms with Gasteiger partial charge in [0.2, 0.25) is 0 Å². The molecule has 0 atom stereocenters. The van der Waals surface area contributed by atoms with Gasteiger partial charge in [-0.3, -0.25) is 5.43 Å². The van der Waals surface area contributed by atoms with E-state index in [0.29, 0.717) is 12.4 Å². The molecule has 0 saturated carbocycles. The van der Waals surface area contributed by atoms with E-state index >= 15 is 0 Å². The first-order valence-corrected chi connectivity index (χ1v) is 6.55. The van der Waals surface area contributed by atoms with Crippen molar-refractivity contribution in [2.75, 3.05) is 12.0 Å². The molecular formula is C15H14F3N3O. The molecule has 0 bridgehead atoms. The van der Waals surface area contributed by atoms with Crippen molar-refractivity contribution in [2.45, 2.75) is 13.1 Å². The molecule has 1 heterocycles. The molecule has 0 unspecified atom stereocenters. The summed E-state index contributed by atoms with van der Waals surface area (Å²) in [7, 11) is 0. The molecule has 0 amide bonds. The number of benzene rings is 1. The average Bonchev–Trinajstić information content (AvgIpc) is 2.49. The van der Waals surface area contributed by atoms with Gasteiger partial charge in [-0.25, -0.2) is 4.98 Å². The fourth-order valence-electron chi connectivity index (χ4n) is 1.67. The van der Waals surface area contributed by atoms with Crippen LogP contribution in [0.5, 0.6) is 5.75 Å². The summed E-state index contributed by atoms with van der Waals surface area (Å²) >= 11 is 0. The van der Waals surface area contributed by atoms with E-state index in [2.05, 4.69) is 15.5 Å². The third kappa shape index (κ3) is 4.21. The highest BCUT2D eigenvalue weighted by Crippen LogP contribution is 2.28. The van der Waals surface area contributed by atoms with Crippen LogP contribution in [0.15, 0.2) is 47.7 Å². The largest absolute Gasteiger partial charge is 0.493 e. The summed E-state index contributed by atoms with van der Waals surface area (Å²) in [5, 5.41) is 3.95. The summed E-state index contributed by atoms with van der Waals surface area (Å²) in [4.78, 5) is 3.66. The molecule has 0 radical (unpaired) electrons. The van der Waals surface area contributed by atoms with Crippen LogP contribution >= 0.6 is 0 Å². The Labute approximate surface area is 125 Å². The molecule has 2 rings (SSSR count). The summed E-state index contributed by atoms with van der Waals surface area (Å²) < 4.78 is 42.7. The Kier molecular flexibility index (Phi) is 4.98. The number of hydrogen-bond acceptors (Lipinski definition) is 4. The van der Waals surface area contributed by atoms with Gasteiger partial charge in [-0.1, -0.05) is 12.1 Å². The first-order valence-electron chi connectivity index (χ1n) is 6.55. The van der Waals surface area contributed by atoms with Gasteiger partial charge in [0.15, 0.2) is 0 Å². The minimum absolute atomic E-state index is 0.221. The number of nitrogens with zero attached hydrogens (tertiary/aromatic N) is 2. The van der Waals surface area contributed by atoms with Crippen LogP contribution in [-0.2, 0) is 6.18 Å². The molecule has 2 aromatic rings. The number of nitrogens with one attached hydrogen (secondary N) is 1. The first kappa shape index (κ1) is 15.8. The Balaban J connectivity index is 2.04. The number of anilines is 1. The van der Waals surface area contributed by atoms with E-state index in [9.17, 15) is 13.2 Å². The average molecular weight is 309 g/mol. The van der Waals surface area contributed by atoms with Gasteiger partial charge in [-0.15, -0.1) is 0 Å². The lowest BCUT2D eigenvalue weighted by molar-refractivity contribution is -0.137. The zero-order valence-electron chi connectivity index (χ0n) is 11.8. The maximum atomic E-state index is 12.4. The van der Waals surface area contributed by atoms with E-state index in [1.165, 1.54) is 12.3 Å². The van der Waals surface area contributed by atoms with Crippen LogP contribution in [0.4, 0.5) is 19.0 Å². The molecule has 4 nitrogen and oxygen atoms in total. The second kappa shape index (κ2) is 6.93. The second-order valence-corrected chi connectivity index (χ2v) is 4.27. The van der Waals surface area contributed by atoms with Gasteiger partial charge in [0.25, 0.3) is 0 Å². The van der Waals surface area contributed by atoms with Crippen molar-refractivity contribution in [3.63, 3.8) is 0 Å². The van der Waals surface area contributed by atoms with Crippen molar-refractivity contribution < 1.29 is 17.9 Å². The van der Waals surface area contributed by atoms with Crippen molar-refractivity contribution in [1.82, 2.24) is 4.98 Å². The number of hydrogen-bond donors (Lipinski definition) is 1. The van der Waals surface area contributed by atoms with Gasteiger partial charge in [0, 0.05) is 11.8 Å². The second-order valence-electron chi connectivity index (χ2n) is 4.27. The number of alkyl halides is 3. The number of rotatable bonds is 5. The van der Waals surface area contributed by atoms with Crippen LogP contribution in [-0.4, -0.2) is 17.8 Å². The van der Waals surface area contributed by atoms with Gasteiger partial charge >= 0.3 is 6.18 Å². The molecule has 116 valence electrons. The van der Waals surface area contributed by atoms with Gasteiger partial charge in [-0.2, -0.15) is 18.3 Å². The van der Waals surface area contributed by atoms with Crippen LogP contribution in [0.3, 0.4) is 0 Å². The van der Waals surface area contributed by atoms with E-state index in [0.717, 1.165) is 17.8 Å². The summed E-state index contributed by atoms with van der Waals surface area (Å²) in [6.07, 6.45) is -2.12. The van der Waals surface area contributed by atoms with E-state index in [4.69, 9.17) is 4.74 Å². The third-order valence-electron chi connectivity index (χ3n) is 2.69. The third-order valence-corrected chi connectivity index (χ3v) is 2.69. The number of hydrazone groups is 1. The topological polar surface area (TPSA) is 46.5 Å². The van der Waals surface area contributed by atoms with Gasteiger partial charge in [0.05, 0.1) is 18.4 Å². The normalized spacial score (nSPS) is 11.6. The van der Waals surface area contributed by atoms with Crippen molar-refractivity contribution in [3.8, 4) is 5.75 Å².